The number of benzene rings is 4. The predicted octanol–water partition coefficient (Wildman–Crippen LogP) is 6.79. The summed E-state index contributed by atoms with van der Waals surface area (Å²) in [5.41, 5.74) is 7.85. The third-order valence-electron chi connectivity index (χ3n) is 4.90. The van der Waals surface area contributed by atoms with Gasteiger partial charge in [-0.2, -0.15) is 0 Å². The molecule has 0 radical (unpaired) electrons. The molecule has 116 valence electrons. The molecule has 24 heavy (non-hydrogen) atoms. The van der Waals surface area contributed by atoms with Crippen LogP contribution >= 0.6 is 0 Å². The SMILES string of the molecule is Cc1cccc(-c2ccc(-c3cccc4ccccc34)cc2)c1C. The average molecular weight is 308 g/mol. The molecule has 0 heterocycles. The highest BCUT2D eigenvalue weighted by molar-refractivity contribution is 5.96. The van der Waals surface area contributed by atoms with Crippen LogP contribution in [0.15, 0.2) is 84.9 Å². The van der Waals surface area contributed by atoms with Crippen molar-refractivity contribution in [1.29, 1.82) is 0 Å². The van der Waals surface area contributed by atoms with Crippen LogP contribution in [0.4, 0.5) is 0 Å². The maximum atomic E-state index is 2.24. The third-order valence-corrected chi connectivity index (χ3v) is 4.90. The maximum absolute atomic E-state index is 2.24. The fourth-order valence-corrected chi connectivity index (χ4v) is 3.37. The molecule has 4 rings (SSSR count). The fourth-order valence-electron chi connectivity index (χ4n) is 3.37. The molecule has 0 atom stereocenters. The zero-order chi connectivity index (χ0) is 16.5. The van der Waals surface area contributed by atoms with Crippen LogP contribution in [0.5, 0.6) is 0 Å². The Morgan fingerprint density at radius 3 is 1.88 bits per heavy atom. The van der Waals surface area contributed by atoms with Crippen molar-refractivity contribution >= 4 is 10.8 Å². The van der Waals surface area contributed by atoms with Gasteiger partial charge >= 0.3 is 0 Å². The van der Waals surface area contributed by atoms with Gasteiger partial charge in [0.05, 0.1) is 0 Å². The summed E-state index contributed by atoms with van der Waals surface area (Å²) < 4.78 is 0. The summed E-state index contributed by atoms with van der Waals surface area (Å²) in [5, 5.41) is 2.59. The zero-order valence-electron chi connectivity index (χ0n) is 14.1. The van der Waals surface area contributed by atoms with E-state index in [0.29, 0.717) is 0 Å². The minimum Gasteiger partial charge on any atom is -0.0616 e. The van der Waals surface area contributed by atoms with Crippen LogP contribution in [-0.4, -0.2) is 0 Å². The first kappa shape index (κ1) is 14.7. The highest BCUT2D eigenvalue weighted by Gasteiger charge is 2.06. The van der Waals surface area contributed by atoms with E-state index in [9.17, 15) is 0 Å². The molecule has 0 heteroatoms. The standard InChI is InChI=1S/C24H20/c1-17-7-5-11-22(18(17)2)20-13-15-21(16-14-20)24-12-6-9-19-8-3-4-10-23(19)24/h3-16H,1-2H3. The minimum absolute atomic E-state index is 1.26. The van der Waals surface area contributed by atoms with Gasteiger partial charge in [0.15, 0.2) is 0 Å². The molecule has 0 aromatic heterocycles. The lowest BCUT2D eigenvalue weighted by molar-refractivity contribution is 1.34. The van der Waals surface area contributed by atoms with Crippen molar-refractivity contribution in [3.05, 3.63) is 96.1 Å². The fraction of sp³-hybridized carbons (Fsp3) is 0.0833. The van der Waals surface area contributed by atoms with Crippen LogP contribution in [-0.2, 0) is 0 Å². The normalized spacial score (nSPS) is 10.9. The predicted molar refractivity (Wildman–Crippen MR) is 104 cm³/mol. The highest BCUT2D eigenvalue weighted by atomic mass is 14.1. The van der Waals surface area contributed by atoms with Crippen molar-refractivity contribution in [2.75, 3.05) is 0 Å². The molecule has 0 saturated heterocycles. The van der Waals surface area contributed by atoms with E-state index >= 15 is 0 Å². The van der Waals surface area contributed by atoms with Crippen LogP contribution in [0.3, 0.4) is 0 Å². The lowest BCUT2D eigenvalue weighted by atomic mass is 9.94. The van der Waals surface area contributed by atoms with Crippen molar-refractivity contribution in [2.24, 2.45) is 0 Å². The zero-order valence-corrected chi connectivity index (χ0v) is 14.1. The molecule has 4 aromatic carbocycles. The van der Waals surface area contributed by atoms with Gasteiger partial charge in [-0.1, -0.05) is 84.9 Å². The van der Waals surface area contributed by atoms with Gasteiger partial charge in [0, 0.05) is 0 Å². The molecule has 0 N–H and O–H groups in total. The van der Waals surface area contributed by atoms with E-state index in [-0.39, 0.29) is 0 Å². The Morgan fingerprint density at radius 1 is 0.500 bits per heavy atom. The molecule has 0 aliphatic heterocycles. The molecule has 0 unspecified atom stereocenters. The second-order valence-corrected chi connectivity index (χ2v) is 6.35. The van der Waals surface area contributed by atoms with E-state index < -0.39 is 0 Å². The Kier molecular flexibility index (Phi) is 3.66. The molecule has 0 nitrogen and oxygen atoms in total. The topological polar surface area (TPSA) is 0 Å². The number of fused-ring (bicyclic) bond motifs is 1. The van der Waals surface area contributed by atoms with Crippen LogP contribution in [0.1, 0.15) is 11.1 Å². The van der Waals surface area contributed by atoms with Crippen LogP contribution in [0.2, 0.25) is 0 Å². The van der Waals surface area contributed by atoms with Crippen molar-refractivity contribution in [3.8, 4) is 22.3 Å². The minimum atomic E-state index is 1.26. The third kappa shape index (κ3) is 2.51. The summed E-state index contributed by atoms with van der Waals surface area (Å²) in [7, 11) is 0. The van der Waals surface area contributed by atoms with Gasteiger partial charge < -0.3 is 0 Å². The number of aryl methyl sites for hydroxylation is 1. The van der Waals surface area contributed by atoms with E-state index in [2.05, 4.69) is 98.8 Å². The van der Waals surface area contributed by atoms with Gasteiger partial charge in [-0.3, -0.25) is 0 Å². The largest absolute Gasteiger partial charge is 0.0616 e. The van der Waals surface area contributed by atoms with Crippen LogP contribution in [0.25, 0.3) is 33.0 Å². The monoisotopic (exact) mass is 308 g/mol. The maximum Gasteiger partial charge on any atom is -0.0105 e. The smallest absolute Gasteiger partial charge is 0.0105 e. The Balaban J connectivity index is 1.80. The first-order chi connectivity index (χ1) is 11.7. The van der Waals surface area contributed by atoms with E-state index in [1.54, 1.807) is 0 Å². The van der Waals surface area contributed by atoms with Gasteiger partial charge in [-0.05, 0) is 58.0 Å². The van der Waals surface area contributed by atoms with Crippen molar-refractivity contribution in [1.82, 2.24) is 0 Å². The molecule has 0 amide bonds. The van der Waals surface area contributed by atoms with Crippen LogP contribution in [0, 0.1) is 13.8 Å². The number of hydrogen-bond donors (Lipinski definition) is 0. The number of rotatable bonds is 2. The summed E-state index contributed by atoms with van der Waals surface area (Å²) in [6.45, 7) is 4.37. The first-order valence-electron chi connectivity index (χ1n) is 8.39. The molecule has 0 spiro atoms. The molecule has 0 bridgehead atoms. The van der Waals surface area contributed by atoms with Gasteiger partial charge in [0.1, 0.15) is 0 Å². The summed E-state index contributed by atoms with van der Waals surface area (Å²) in [6, 6.07) is 30.5. The van der Waals surface area contributed by atoms with Gasteiger partial charge in [0.25, 0.3) is 0 Å². The second-order valence-electron chi connectivity index (χ2n) is 6.35. The highest BCUT2D eigenvalue weighted by Crippen LogP contribution is 2.31. The van der Waals surface area contributed by atoms with Crippen molar-refractivity contribution in [2.45, 2.75) is 13.8 Å². The molecular formula is C24H20. The summed E-state index contributed by atoms with van der Waals surface area (Å²) in [4.78, 5) is 0. The average Bonchev–Trinajstić information content (AvgIpc) is 2.64. The Morgan fingerprint density at radius 2 is 1.08 bits per heavy atom. The van der Waals surface area contributed by atoms with E-state index in [4.69, 9.17) is 0 Å². The van der Waals surface area contributed by atoms with E-state index in [1.165, 1.54) is 44.2 Å². The summed E-state index contributed by atoms with van der Waals surface area (Å²) in [5.74, 6) is 0. The molecule has 0 aliphatic carbocycles. The van der Waals surface area contributed by atoms with Crippen molar-refractivity contribution < 1.29 is 0 Å². The van der Waals surface area contributed by atoms with Gasteiger partial charge in [0.2, 0.25) is 0 Å². The molecular weight excluding hydrogens is 288 g/mol. The van der Waals surface area contributed by atoms with Crippen LogP contribution < -0.4 is 0 Å². The Labute approximate surface area is 143 Å². The van der Waals surface area contributed by atoms with Gasteiger partial charge in [-0.25, -0.2) is 0 Å². The van der Waals surface area contributed by atoms with E-state index in [0.717, 1.165) is 0 Å². The molecule has 0 aliphatic rings. The summed E-state index contributed by atoms with van der Waals surface area (Å²) in [6.07, 6.45) is 0. The Bertz CT molecular complexity index is 1000. The number of hydrogen-bond acceptors (Lipinski definition) is 0. The molecule has 4 aromatic rings. The lowest BCUT2D eigenvalue weighted by Gasteiger charge is -2.11. The molecule has 0 fully saturated rings. The van der Waals surface area contributed by atoms with E-state index in [1.807, 2.05) is 0 Å². The Hall–Kier alpha value is -2.86. The molecule has 0 saturated carbocycles. The lowest BCUT2D eigenvalue weighted by Crippen LogP contribution is -1.87. The summed E-state index contributed by atoms with van der Waals surface area (Å²) >= 11 is 0. The van der Waals surface area contributed by atoms with Crippen molar-refractivity contribution in [3.63, 3.8) is 0 Å². The second kappa shape index (κ2) is 5.98. The quantitative estimate of drug-likeness (QED) is 0.382. The first-order valence-corrected chi connectivity index (χ1v) is 8.39. The van der Waals surface area contributed by atoms with Gasteiger partial charge in [-0.15, -0.1) is 0 Å².